The van der Waals surface area contributed by atoms with Crippen LogP contribution in [0.4, 0.5) is 5.13 Å². The molecule has 0 spiro atoms. The molecule has 2 fully saturated rings. The molecule has 2 bridgehead atoms. The highest BCUT2D eigenvalue weighted by Gasteiger charge is 2.43. The van der Waals surface area contributed by atoms with Crippen LogP contribution in [0.15, 0.2) is 29.9 Å². The van der Waals surface area contributed by atoms with Crippen molar-refractivity contribution in [3.8, 4) is 11.3 Å². The Morgan fingerprint density at radius 3 is 3.00 bits per heavy atom. The monoisotopic (exact) mass is 299 g/mol. The topological polar surface area (TPSA) is 54.9 Å². The lowest BCUT2D eigenvalue weighted by molar-refractivity contribution is -0.121. The van der Waals surface area contributed by atoms with Gasteiger partial charge in [-0.2, -0.15) is 0 Å². The van der Waals surface area contributed by atoms with Gasteiger partial charge in [0.15, 0.2) is 5.13 Å². The molecule has 0 saturated heterocycles. The van der Waals surface area contributed by atoms with Crippen LogP contribution in [0.3, 0.4) is 0 Å². The largest absolute Gasteiger partial charge is 0.302 e. The first-order chi connectivity index (χ1) is 10.3. The maximum Gasteiger partial charge on any atom is 0.229 e. The Kier molecular flexibility index (Phi) is 3.22. The van der Waals surface area contributed by atoms with E-state index in [9.17, 15) is 4.79 Å². The predicted molar refractivity (Wildman–Crippen MR) is 82.9 cm³/mol. The highest BCUT2D eigenvalue weighted by Crippen LogP contribution is 2.48. The number of carbonyl (C=O) groups is 1. The summed E-state index contributed by atoms with van der Waals surface area (Å²) >= 11 is 1.48. The van der Waals surface area contributed by atoms with Crippen LogP contribution in [-0.2, 0) is 4.79 Å². The molecule has 0 aromatic carbocycles. The number of nitrogens with one attached hydrogen (secondary N) is 1. The molecule has 2 saturated carbocycles. The second kappa shape index (κ2) is 5.22. The molecule has 2 heterocycles. The summed E-state index contributed by atoms with van der Waals surface area (Å²) in [6.45, 7) is 0. The van der Waals surface area contributed by atoms with Gasteiger partial charge in [0.1, 0.15) is 0 Å². The van der Waals surface area contributed by atoms with Gasteiger partial charge in [-0.3, -0.25) is 9.78 Å². The van der Waals surface area contributed by atoms with Crippen molar-refractivity contribution in [2.24, 2.45) is 17.8 Å². The van der Waals surface area contributed by atoms with Gasteiger partial charge in [0, 0.05) is 29.3 Å². The number of aromatic nitrogens is 2. The Hall–Kier alpha value is -1.75. The van der Waals surface area contributed by atoms with Crippen molar-refractivity contribution < 1.29 is 4.79 Å². The number of fused-ring (bicyclic) bond motifs is 2. The fourth-order valence-corrected chi connectivity index (χ4v) is 4.46. The lowest BCUT2D eigenvalue weighted by Gasteiger charge is -2.19. The minimum Gasteiger partial charge on any atom is -0.302 e. The fraction of sp³-hybridized carbons (Fsp3) is 0.438. The van der Waals surface area contributed by atoms with Crippen molar-refractivity contribution in [2.75, 3.05) is 5.32 Å². The standard InChI is InChI=1S/C16H17N3OS/c20-15(13-7-10-3-4-11(13)6-10)19-16-18-14(9-21-16)12-2-1-5-17-8-12/h1-2,5,8-11,13H,3-4,6-7H2,(H,18,19,20). The number of anilines is 1. The third-order valence-corrected chi connectivity index (χ3v) is 5.52. The van der Waals surface area contributed by atoms with Crippen LogP contribution in [0.1, 0.15) is 25.7 Å². The summed E-state index contributed by atoms with van der Waals surface area (Å²) in [7, 11) is 0. The summed E-state index contributed by atoms with van der Waals surface area (Å²) in [5, 5.41) is 5.67. The maximum atomic E-state index is 12.4. The number of amides is 1. The molecule has 2 aliphatic carbocycles. The minimum absolute atomic E-state index is 0.161. The summed E-state index contributed by atoms with van der Waals surface area (Å²) in [5.74, 6) is 1.75. The zero-order chi connectivity index (χ0) is 14.2. The van der Waals surface area contributed by atoms with E-state index in [-0.39, 0.29) is 11.8 Å². The number of hydrogen-bond donors (Lipinski definition) is 1. The van der Waals surface area contributed by atoms with Gasteiger partial charge >= 0.3 is 0 Å². The lowest BCUT2D eigenvalue weighted by Crippen LogP contribution is -2.27. The molecule has 1 amide bonds. The van der Waals surface area contributed by atoms with Crippen molar-refractivity contribution in [3.05, 3.63) is 29.9 Å². The van der Waals surface area contributed by atoms with Crippen LogP contribution in [0, 0.1) is 17.8 Å². The van der Waals surface area contributed by atoms with E-state index in [0.29, 0.717) is 11.0 Å². The van der Waals surface area contributed by atoms with Crippen molar-refractivity contribution in [2.45, 2.75) is 25.7 Å². The fourth-order valence-electron chi connectivity index (χ4n) is 3.74. The third kappa shape index (κ3) is 2.46. The molecule has 2 aliphatic rings. The van der Waals surface area contributed by atoms with Crippen molar-refractivity contribution in [1.29, 1.82) is 0 Å². The molecule has 4 nitrogen and oxygen atoms in total. The van der Waals surface area contributed by atoms with Crippen LogP contribution in [0.25, 0.3) is 11.3 Å². The first kappa shape index (κ1) is 13.0. The van der Waals surface area contributed by atoms with Crippen LogP contribution < -0.4 is 5.32 Å². The molecule has 3 atom stereocenters. The minimum atomic E-state index is 0.161. The molecule has 2 aromatic heterocycles. The second-order valence-corrected chi connectivity index (χ2v) is 6.91. The van der Waals surface area contributed by atoms with E-state index >= 15 is 0 Å². The van der Waals surface area contributed by atoms with Gasteiger partial charge in [0.2, 0.25) is 5.91 Å². The molecular formula is C16H17N3OS. The molecule has 2 aromatic rings. The summed E-state index contributed by atoms with van der Waals surface area (Å²) in [6.07, 6.45) is 8.39. The van der Waals surface area contributed by atoms with Gasteiger partial charge in [-0.25, -0.2) is 4.98 Å². The summed E-state index contributed by atoms with van der Waals surface area (Å²) < 4.78 is 0. The summed E-state index contributed by atoms with van der Waals surface area (Å²) in [6, 6.07) is 3.87. The molecule has 5 heteroatoms. The van der Waals surface area contributed by atoms with Gasteiger partial charge in [0.05, 0.1) is 5.69 Å². The summed E-state index contributed by atoms with van der Waals surface area (Å²) in [5.41, 5.74) is 1.85. The normalized spacial score (nSPS) is 27.0. The van der Waals surface area contributed by atoms with E-state index in [4.69, 9.17) is 0 Å². The van der Waals surface area contributed by atoms with Gasteiger partial charge in [-0.15, -0.1) is 11.3 Å². The molecule has 0 radical (unpaired) electrons. The van der Waals surface area contributed by atoms with Gasteiger partial charge in [-0.05, 0) is 43.2 Å². The van der Waals surface area contributed by atoms with Gasteiger partial charge in [0.25, 0.3) is 0 Å². The molecule has 0 aliphatic heterocycles. The Morgan fingerprint density at radius 1 is 1.33 bits per heavy atom. The molecule has 108 valence electrons. The van der Waals surface area contributed by atoms with Crippen molar-refractivity contribution in [3.63, 3.8) is 0 Å². The number of rotatable bonds is 3. The quantitative estimate of drug-likeness (QED) is 0.942. The highest BCUT2D eigenvalue weighted by atomic mass is 32.1. The molecule has 21 heavy (non-hydrogen) atoms. The zero-order valence-electron chi connectivity index (χ0n) is 11.7. The maximum absolute atomic E-state index is 12.4. The lowest BCUT2D eigenvalue weighted by atomic mass is 9.88. The predicted octanol–water partition coefficient (Wildman–Crippen LogP) is 3.58. The third-order valence-electron chi connectivity index (χ3n) is 4.77. The zero-order valence-corrected chi connectivity index (χ0v) is 12.5. The number of nitrogens with zero attached hydrogens (tertiary/aromatic N) is 2. The molecular weight excluding hydrogens is 282 g/mol. The van der Waals surface area contributed by atoms with E-state index in [1.165, 1.54) is 30.6 Å². The van der Waals surface area contributed by atoms with Crippen LogP contribution in [0.5, 0.6) is 0 Å². The Bertz CT molecular complexity index is 655. The van der Waals surface area contributed by atoms with Crippen molar-refractivity contribution in [1.82, 2.24) is 9.97 Å². The number of carbonyl (C=O) groups excluding carboxylic acids is 1. The van der Waals surface area contributed by atoms with E-state index in [0.717, 1.165) is 23.6 Å². The SMILES string of the molecule is O=C(Nc1nc(-c2cccnc2)cs1)C1CC2CCC1C2. The summed E-state index contributed by atoms with van der Waals surface area (Å²) in [4.78, 5) is 21.0. The Balaban J connectivity index is 1.46. The van der Waals surface area contributed by atoms with E-state index in [2.05, 4.69) is 15.3 Å². The van der Waals surface area contributed by atoms with Crippen LogP contribution >= 0.6 is 11.3 Å². The smallest absolute Gasteiger partial charge is 0.229 e. The first-order valence-electron chi connectivity index (χ1n) is 7.46. The molecule has 4 rings (SSSR count). The Morgan fingerprint density at radius 2 is 2.29 bits per heavy atom. The molecule has 3 unspecified atom stereocenters. The number of pyridine rings is 1. The van der Waals surface area contributed by atoms with Crippen LogP contribution in [-0.4, -0.2) is 15.9 Å². The number of thiazole rings is 1. The van der Waals surface area contributed by atoms with Gasteiger partial charge in [-0.1, -0.05) is 6.42 Å². The van der Waals surface area contributed by atoms with Gasteiger partial charge < -0.3 is 5.32 Å². The second-order valence-electron chi connectivity index (χ2n) is 6.05. The number of hydrogen-bond acceptors (Lipinski definition) is 4. The van der Waals surface area contributed by atoms with E-state index in [1.807, 2.05) is 17.5 Å². The first-order valence-corrected chi connectivity index (χ1v) is 8.34. The van der Waals surface area contributed by atoms with E-state index in [1.54, 1.807) is 12.4 Å². The van der Waals surface area contributed by atoms with Crippen LogP contribution in [0.2, 0.25) is 0 Å². The van der Waals surface area contributed by atoms with E-state index < -0.39 is 0 Å². The highest BCUT2D eigenvalue weighted by molar-refractivity contribution is 7.14. The average molecular weight is 299 g/mol. The average Bonchev–Trinajstić information content (AvgIpc) is 3.24. The Labute approximate surface area is 127 Å². The van der Waals surface area contributed by atoms with Crippen molar-refractivity contribution >= 4 is 22.4 Å². The molecule has 1 N–H and O–H groups in total.